The molecule has 0 aliphatic rings. The summed E-state index contributed by atoms with van der Waals surface area (Å²) in [6, 6.07) is 39.4. The summed E-state index contributed by atoms with van der Waals surface area (Å²) in [5.41, 5.74) is 5.63. The zero-order chi connectivity index (χ0) is 32.7. The Labute approximate surface area is 277 Å². The van der Waals surface area contributed by atoms with Gasteiger partial charge in [-0.3, -0.25) is 19.6 Å². The summed E-state index contributed by atoms with van der Waals surface area (Å²) in [6.45, 7) is 1.60. The van der Waals surface area contributed by atoms with Gasteiger partial charge in [-0.2, -0.15) is 0 Å². The molecule has 0 bridgehead atoms. The molecular formula is C40H32N6O2. The Bertz CT molecular complexity index is 2200. The summed E-state index contributed by atoms with van der Waals surface area (Å²) < 4.78 is 3.25. The van der Waals surface area contributed by atoms with Gasteiger partial charge in [0.25, 0.3) is 11.1 Å². The molecule has 0 amide bonds. The van der Waals surface area contributed by atoms with Crippen LogP contribution in [0.4, 0.5) is 0 Å². The van der Waals surface area contributed by atoms with Gasteiger partial charge >= 0.3 is 0 Å². The van der Waals surface area contributed by atoms with Crippen molar-refractivity contribution in [2.24, 2.45) is 9.98 Å². The van der Waals surface area contributed by atoms with Crippen LogP contribution in [0.3, 0.4) is 0 Å². The molecule has 8 heteroatoms. The fourth-order valence-corrected chi connectivity index (χ4v) is 5.63. The van der Waals surface area contributed by atoms with E-state index in [2.05, 4.69) is 9.98 Å². The van der Waals surface area contributed by atoms with E-state index in [9.17, 15) is 9.59 Å². The maximum Gasteiger partial charge on any atom is 0.279 e. The van der Waals surface area contributed by atoms with Crippen LogP contribution in [0.5, 0.6) is 0 Å². The van der Waals surface area contributed by atoms with E-state index in [1.807, 2.05) is 121 Å². The van der Waals surface area contributed by atoms with Gasteiger partial charge in [0, 0.05) is 35.9 Å². The molecule has 0 spiro atoms. The highest BCUT2D eigenvalue weighted by atomic mass is 16.1. The van der Waals surface area contributed by atoms with E-state index in [-0.39, 0.29) is 22.2 Å². The monoisotopic (exact) mass is 628 g/mol. The molecule has 48 heavy (non-hydrogen) atoms. The number of rotatable bonds is 10. The minimum absolute atomic E-state index is 0.167. The van der Waals surface area contributed by atoms with E-state index in [4.69, 9.17) is 9.97 Å². The van der Waals surface area contributed by atoms with Crippen LogP contribution in [0.15, 0.2) is 153 Å². The number of fused-ring (bicyclic) bond motifs is 2. The van der Waals surface area contributed by atoms with Crippen molar-refractivity contribution < 1.29 is 0 Å². The van der Waals surface area contributed by atoms with Gasteiger partial charge in [0.15, 0.2) is 11.0 Å². The first-order valence-corrected chi connectivity index (χ1v) is 15.8. The van der Waals surface area contributed by atoms with E-state index < -0.39 is 0 Å². The van der Waals surface area contributed by atoms with Gasteiger partial charge in [-0.25, -0.2) is 9.97 Å². The van der Waals surface area contributed by atoms with Crippen molar-refractivity contribution in [3.8, 4) is 0 Å². The van der Waals surface area contributed by atoms with Crippen molar-refractivity contribution in [1.82, 2.24) is 19.1 Å². The first-order valence-electron chi connectivity index (χ1n) is 15.8. The average molecular weight is 629 g/mol. The van der Waals surface area contributed by atoms with Crippen LogP contribution in [-0.2, 0) is 26.2 Å². The number of benzene rings is 4. The van der Waals surface area contributed by atoms with Crippen molar-refractivity contribution in [2.75, 3.05) is 0 Å². The smallest absolute Gasteiger partial charge is 0.279 e. The number of hydrogen-bond acceptors (Lipinski definition) is 6. The summed E-state index contributed by atoms with van der Waals surface area (Å²) >= 11 is 0. The van der Waals surface area contributed by atoms with Crippen LogP contribution in [0.25, 0.3) is 22.1 Å². The van der Waals surface area contributed by atoms with Crippen molar-refractivity contribution >= 4 is 34.5 Å². The Morgan fingerprint density at radius 1 is 0.458 bits per heavy atom. The van der Waals surface area contributed by atoms with Gasteiger partial charge in [-0.05, 0) is 22.3 Å². The number of aliphatic imine (C=N–C) groups is 2. The lowest BCUT2D eigenvalue weighted by molar-refractivity contribution is 0.760. The Morgan fingerprint density at radius 2 is 0.792 bits per heavy atom. The van der Waals surface area contributed by atoms with Gasteiger partial charge in [0.1, 0.15) is 11.0 Å². The molecule has 0 atom stereocenters. The Kier molecular flexibility index (Phi) is 8.87. The van der Waals surface area contributed by atoms with Crippen LogP contribution < -0.4 is 11.1 Å². The summed E-state index contributed by atoms with van der Waals surface area (Å²) in [7, 11) is 0. The molecule has 3 heterocycles. The van der Waals surface area contributed by atoms with E-state index in [1.54, 1.807) is 34.0 Å². The predicted molar refractivity (Wildman–Crippen MR) is 192 cm³/mol. The maximum absolute atomic E-state index is 14.0. The van der Waals surface area contributed by atoms with Crippen molar-refractivity contribution in [1.29, 1.82) is 0 Å². The highest BCUT2D eigenvalue weighted by Gasteiger charge is 2.18. The van der Waals surface area contributed by atoms with E-state index >= 15 is 0 Å². The van der Waals surface area contributed by atoms with Crippen LogP contribution in [0.1, 0.15) is 33.4 Å². The van der Waals surface area contributed by atoms with Crippen LogP contribution in [0, 0.1) is 0 Å². The van der Waals surface area contributed by atoms with Crippen molar-refractivity contribution in [3.05, 3.63) is 188 Å². The third kappa shape index (κ3) is 6.78. The third-order valence-corrected chi connectivity index (χ3v) is 8.05. The molecule has 0 radical (unpaired) electrons. The largest absolute Gasteiger partial charge is 0.308 e. The molecule has 7 aromatic rings. The molecule has 0 unspecified atom stereocenters. The van der Waals surface area contributed by atoms with Gasteiger partial charge < -0.3 is 9.13 Å². The molecular weight excluding hydrogens is 596 g/mol. The van der Waals surface area contributed by atoms with Gasteiger partial charge in [0.2, 0.25) is 0 Å². The second-order valence-electron chi connectivity index (χ2n) is 11.5. The van der Waals surface area contributed by atoms with E-state index in [0.717, 1.165) is 22.3 Å². The third-order valence-electron chi connectivity index (χ3n) is 8.05. The molecule has 0 N–H and O–H groups in total. The average Bonchev–Trinajstić information content (AvgIpc) is 3.13. The summed E-state index contributed by atoms with van der Waals surface area (Å²) in [6.07, 6.45) is 6.93. The fourth-order valence-electron chi connectivity index (χ4n) is 5.63. The molecule has 0 saturated heterocycles. The molecule has 234 valence electrons. The Balaban J connectivity index is 1.41. The highest BCUT2D eigenvalue weighted by Crippen LogP contribution is 2.19. The fraction of sp³-hybridized carbons (Fsp3) is 0.100. The Morgan fingerprint density at radius 3 is 1.15 bits per heavy atom. The normalized spacial score (nSPS) is 11.7. The lowest BCUT2D eigenvalue weighted by Gasteiger charge is -2.13. The highest BCUT2D eigenvalue weighted by molar-refractivity contribution is 6.02. The Hall–Kier alpha value is -6.28. The molecule has 0 aliphatic carbocycles. The number of hydrogen-bond donors (Lipinski definition) is 0. The maximum atomic E-state index is 14.0. The second kappa shape index (κ2) is 14.0. The minimum atomic E-state index is -0.302. The quantitative estimate of drug-likeness (QED) is 0.129. The minimum Gasteiger partial charge on any atom is -0.308 e. The van der Waals surface area contributed by atoms with Crippen LogP contribution >= 0.6 is 0 Å². The lowest BCUT2D eigenvalue weighted by Crippen LogP contribution is -2.26. The molecule has 0 fully saturated rings. The zero-order valence-corrected chi connectivity index (χ0v) is 26.2. The summed E-state index contributed by atoms with van der Waals surface area (Å²) in [4.78, 5) is 47.2. The van der Waals surface area contributed by atoms with Gasteiger partial charge in [0.05, 0.1) is 26.2 Å². The zero-order valence-electron chi connectivity index (χ0n) is 26.2. The van der Waals surface area contributed by atoms with Crippen LogP contribution in [0.2, 0.25) is 0 Å². The summed E-state index contributed by atoms with van der Waals surface area (Å²) in [5, 5.41) is 0. The van der Waals surface area contributed by atoms with Gasteiger partial charge in [-0.15, -0.1) is 0 Å². The number of pyridine rings is 2. The van der Waals surface area contributed by atoms with E-state index in [0.29, 0.717) is 48.3 Å². The van der Waals surface area contributed by atoms with Crippen molar-refractivity contribution in [2.45, 2.75) is 26.2 Å². The number of aromatic nitrogens is 4. The van der Waals surface area contributed by atoms with E-state index in [1.165, 1.54) is 0 Å². The first kappa shape index (κ1) is 30.4. The van der Waals surface area contributed by atoms with Crippen LogP contribution in [-0.4, -0.2) is 31.5 Å². The summed E-state index contributed by atoms with van der Waals surface area (Å²) in [5.74, 6) is 0. The van der Waals surface area contributed by atoms with Gasteiger partial charge in [-0.1, -0.05) is 121 Å². The second-order valence-corrected chi connectivity index (χ2v) is 11.5. The molecule has 0 saturated carbocycles. The molecule has 8 nitrogen and oxygen atoms in total. The van der Waals surface area contributed by atoms with Crippen molar-refractivity contribution in [3.63, 3.8) is 0 Å². The predicted octanol–water partition coefficient (Wildman–Crippen LogP) is 6.44. The molecule has 7 rings (SSSR count). The lowest BCUT2D eigenvalue weighted by atomic mass is 10.1. The topological polar surface area (TPSA) is 94.5 Å². The molecule has 3 aromatic heterocycles. The standard InChI is InChI=1S/C40H32N6O2/c47-39-37-35(33(23-41-21-29-13-5-1-6-14-29)27-45(39)25-31-17-9-3-10-18-31)43-38-36(44-37)34(24-42-22-30-15-7-2-8-16-30)28-46(40(38)48)26-32-19-11-4-12-20-32/h1-20,23-24,27-28H,21-22,25-26H2. The molecule has 0 aliphatic heterocycles. The number of nitrogens with zero attached hydrogens (tertiary/aromatic N) is 6. The SMILES string of the molecule is O=c1c2nc3c(C=NCc4ccccc4)cn(Cc4ccccc4)c(=O)c3nc2c(C=NCc2ccccc2)cn1Cc1ccccc1. The first-order chi connectivity index (χ1) is 23.6. The molecule has 4 aromatic carbocycles.